The van der Waals surface area contributed by atoms with Gasteiger partial charge in [-0.15, -0.1) is 11.3 Å². The molecule has 0 aliphatic heterocycles. The Labute approximate surface area is 130 Å². The highest BCUT2D eigenvalue weighted by atomic mass is 32.1. The van der Waals surface area contributed by atoms with Crippen LogP contribution in [0.4, 0.5) is 0 Å². The summed E-state index contributed by atoms with van der Waals surface area (Å²) in [7, 11) is 1.52. The van der Waals surface area contributed by atoms with Crippen molar-refractivity contribution < 1.29 is 14.0 Å². The van der Waals surface area contributed by atoms with E-state index in [1.807, 2.05) is 23.6 Å². The lowest BCUT2D eigenvalue weighted by atomic mass is 10.2. The van der Waals surface area contributed by atoms with E-state index in [0.29, 0.717) is 28.8 Å². The number of benzene rings is 1. The highest BCUT2D eigenvalue weighted by Crippen LogP contribution is 2.28. The molecule has 3 rings (SSSR count). The molecule has 2 heterocycles. The lowest BCUT2D eigenvalue weighted by molar-refractivity contribution is 0.233. The molecule has 22 heavy (non-hydrogen) atoms. The van der Waals surface area contributed by atoms with Gasteiger partial charge in [0.1, 0.15) is 0 Å². The molecule has 0 unspecified atom stereocenters. The summed E-state index contributed by atoms with van der Waals surface area (Å²) in [5, 5.41) is 14.7. The number of thiophene rings is 1. The fraction of sp³-hybridized carbons (Fsp3) is 0.133. The second kappa shape index (κ2) is 6.28. The van der Waals surface area contributed by atoms with Crippen molar-refractivity contribution in [2.45, 2.75) is 6.61 Å². The second-order valence-electron chi connectivity index (χ2n) is 4.26. The van der Waals surface area contributed by atoms with E-state index in [9.17, 15) is 0 Å². The molecule has 0 spiro atoms. The van der Waals surface area contributed by atoms with Crippen LogP contribution in [0.15, 0.2) is 40.2 Å². The van der Waals surface area contributed by atoms with E-state index in [1.165, 1.54) is 18.4 Å². The minimum atomic E-state index is 0.126. The molecular formula is C15H11N3O3S. The summed E-state index contributed by atoms with van der Waals surface area (Å²) in [5.74, 6) is 1.91. The first-order chi connectivity index (χ1) is 10.8. The Balaban J connectivity index is 1.72. The van der Waals surface area contributed by atoms with Gasteiger partial charge in [-0.1, -0.05) is 11.2 Å². The van der Waals surface area contributed by atoms with Gasteiger partial charge in [-0.05, 0) is 23.6 Å². The monoisotopic (exact) mass is 313 g/mol. The van der Waals surface area contributed by atoms with Crippen molar-refractivity contribution in [3.05, 3.63) is 47.2 Å². The number of hydrogen-bond donors (Lipinski definition) is 0. The van der Waals surface area contributed by atoms with Crippen molar-refractivity contribution in [1.29, 1.82) is 5.26 Å². The van der Waals surface area contributed by atoms with Crippen LogP contribution in [0, 0.1) is 11.3 Å². The molecule has 0 saturated heterocycles. The van der Waals surface area contributed by atoms with Gasteiger partial charge in [0.15, 0.2) is 18.1 Å². The van der Waals surface area contributed by atoms with Crippen LogP contribution < -0.4 is 9.47 Å². The zero-order chi connectivity index (χ0) is 15.4. The summed E-state index contributed by atoms with van der Waals surface area (Å²) >= 11 is 1.54. The molecule has 0 amide bonds. The van der Waals surface area contributed by atoms with Gasteiger partial charge in [-0.3, -0.25) is 0 Å². The van der Waals surface area contributed by atoms with Crippen LogP contribution in [0.5, 0.6) is 11.5 Å². The predicted molar refractivity (Wildman–Crippen MR) is 79.7 cm³/mol. The summed E-state index contributed by atoms with van der Waals surface area (Å²) in [4.78, 5) is 5.21. The Kier molecular flexibility index (Phi) is 4.03. The molecule has 0 atom stereocenters. The molecule has 7 heteroatoms. The zero-order valence-electron chi connectivity index (χ0n) is 11.6. The first-order valence-corrected chi connectivity index (χ1v) is 7.25. The van der Waals surface area contributed by atoms with E-state index in [-0.39, 0.29) is 6.61 Å². The SMILES string of the molecule is COc1cc(C#N)ccc1OCc1nc(-c2cccs2)no1. The molecule has 0 radical (unpaired) electrons. The fourth-order valence-corrected chi connectivity index (χ4v) is 2.46. The number of nitriles is 1. The van der Waals surface area contributed by atoms with Crippen LogP contribution in [0.2, 0.25) is 0 Å². The maximum Gasteiger partial charge on any atom is 0.264 e. The minimum absolute atomic E-state index is 0.126. The molecular weight excluding hydrogens is 302 g/mol. The Hall–Kier alpha value is -2.85. The number of aromatic nitrogens is 2. The average Bonchev–Trinajstić information content (AvgIpc) is 3.23. The summed E-state index contributed by atoms with van der Waals surface area (Å²) in [6.45, 7) is 0.126. The highest BCUT2D eigenvalue weighted by Gasteiger charge is 2.11. The molecule has 0 bridgehead atoms. The Morgan fingerprint density at radius 1 is 1.32 bits per heavy atom. The van der Waals surface area contributed by atoms with E-state index in [1.54, 1.807) is 18.2 Å². The first-order valence-electron chi connectivity index (χ1n) is 6.37. The number of methoxy groups -OCH3 is 1. The number of nitrogens with zero attached hydrogens (tertiary/aromatic N) is 3. The minimum Gasteiger partial charge on any atom is -0.493 e. The number of hydrogen-bond acceptors (Lipinski definition) is 7. The third-order valence-corrected chi connectivity index (χ3v) is 3.72. The molecule has 1 aromatic carbocycles. The Morgan fingerprint density at radius 3 is 2.95 bits per heavy atom. The summed E-state index contributed by atoms with van der Waals surface area (Å²) in [6.07, 6.45) is 0. The van der Waals surface area contributed by atoms with E-state index in [2.05, 4.69) is 10.1 Å². The van der Waals surface area contributed by atoms with Crippen LogP contribution in [-0.2, 0) is 6.61 Å². The molecule has 0 aliphatic rings. The molecule has 3 aromatic rings. The maximum atomic E-state index is 8.87. The quantitative estimate of drug-likeness (QED) is 0.719. The lowest BCUT2D eigenvalue weighted by Crippen LogP contribution is -1.98. The molecule has 0 saturated carbocycles. The average molecular weight is 313 g/mol. The Morgan fingerprint density at radius 2 is 2.23 bits per heavy atom. The molecule has 0 fully saturated rings. The van der Waals surface area contributed by atoms with Crippen molar-refractivity contribution in [2.24, 2.45) is 0 Å². The molecule has 110 valence electrons. The van der Waals surface area contributed by atoms with Crippen LogP contribution >= 0.6 is 11.3 Å². The van der Waals surface area contributed by atoms with E-state index in [0.717, 1.165) is 4.88 Å². The normalized spacial score (nSPS) is 10.2. The Bertz CT molecular complexity index is 806. The van der Waals surface area contributed by atoms with Crippen LogP contribution in [-0.4, -0.2) is 17.3 Å². The topological polar surface area (TPSA) is 81.2 Å². The van der Waals surface area contributed by atoms with Crippen molar-refractivity contribution in [3.63, 3.8) is 0 Å². The van der Waals surface area contributed by atoms with Gasteiger partial charge in [0.2, 0.25) is 5.82 Å². The smallest absolute Gasteiger partial charge is 0.264 e. The van der Waals surface area contributed by atoms with Gasteiger partial charge in [0.05, 0.1) is 23.6 Å². The third kappa shape index (κ3) is 2.92. The fourth-order valence-electron chi connectivity index (χ4n) is 1.82. The zero-order valence-corrected chi connectivity index (χ0v) is 12.5. The molecule has 0 N–H and O–H groups in total. The molecule has 2 aromatic heterocycles. The second-order valence-corrected chi connectivity index (χ2v) is 5.20. The van der Waals surface area contributed by atoms with Gasteiger partial charge < -0.3 is 14.0 Å². The van der Waals surface area contributed by atoms with Crippen LogP contribution in [0.3, 0.4) is 0 Å². The largest absolute Gasteiger partial charge is 0.493 e. The maximum absolute atomic E-state index is 8.87. The van der Waals surface area contributed by atoms with Crippen molar-refractivity contribution >= 4 is 11.3 Å². The van der Waals surface area contributed by atoms with Gasteiger partial charge in [-0.2, -0.15) is 10.2 Å². The van der Waals surface area contributed by atoms with E-state index in [4.69, 9.17) is 19.3 Å². The van der Waals surface area contributed by atoms with Gasteiger partial charge in [0.25, 0.3) is 5.89 Å². The van der Waals surface area contributed by atoms with Gasteiger partial charge in [0, 0.05) is 6.07 Å². The summed E-state index contributed by atoms with van der Waals surface area (Å²) < 4.78 is 16.0. The number of rotatable bonds is 5. The third-order valence-electron chi connectivity index (χ3n) is 2.85. The van der Waals surface area contributed by atoms with Crippen LogP contribution in [0.1, 0.15) is 11.5 Å². The molecule has 0 aliphatic carbocycles. The highest BCUT2D eigenvalue weighted by molar-refractivity contribution is 7.13. The standard InChI is InChI=1S/C15H11N3O3S/c1-19-12-7-10(8-16)4-5-11(12)20-9-14-17-15(18-21-14)13-3-2-6-22-13/h2-7H,9H2,1H3. The van der Waals surface area contributed by atoms with Crippen LogP contribution in [0.25, 0.3) is 10.7 Å². The first kappa shape index (κ1) is 14.1. The van der Waals surface area contributed by atoms with Gasteiger partial charge >= 0.3 is 0 Å². The van der Waals surface area contributed by atoms with E-state index >= 15 is 0 Å². The van der Waals surface area contributed by atoms with Crippen molar-refractivity contribution in [3.8, 4) is 28.3 Å². The van der Waals surface area contributed by atoms with E-state index < -0.39 is 0 Å². The summed E-state index contributed by atoms with van der Waals surface area (Å²) in [6, 6.07) is 10.8. The molecule has 6 nitrogen and oxygen atoms in total. The van der Waals surface area contributed by atoms with Crippen molar-refractivity contribution in [1.82, 2.24) is 10.1 Å². The number of ether oxygens (including phenoxy) is 2. The summed E-state index contributed by atoms with van der Waals surface area (Å²) in [5.41, 5.74) is 0.502. The predicted octanol–water partition coefficient (Wildman–Crippen LogP) is 3.26. The lowest BCUT2D eigenvalue weighted by Gasteiger charge is -2.08. The van der Waals surface area contributed by atoms with Crippen molar-refractivity contribution in [2.75, 3.05) is 7.11 Å². The van der Waals surface area contributed by atoms with Gasteiger partial charge in [-0.25, -0.2) is 0 Å².